The van der Waals surface area contributed by atoms with Crippen LogP contribution >= 0.6 is 0 Å². The Hall–Kier alpha value is -1.99. The number of hydrogen-bond acceptors (Lipinski definition) is 6. The van der Waals surface area contributed by atoms with Crippen molar-refractivity contribution in [3.63, 3.8) is 0 Å². The smallest absolute Gasteiger partial charge is 0.257 e. The molecule has 7 heteroatoms. The van der Waals surface area contributed by atoms with Crippen molar-refractivity contribution in [1.82, 2.24) is 15.5 Å². The summed E-state index contributed by atoms with van der Waals surface area (Å²) in [6.45, 7) is 2.26. The van der Waals surface area contributed by atoms with Crippen LogP contribution in [-0.4, -0.2) is 29.8 Å². The van der Waals surface area contributed by atoms with Gasteiger partial charge in [0.15, 0.2) is 6.61 Å². The molecular formula is C13H14FN3O3. The summed E-state index contributed by atoms with van der Waals surface area (Å²) in [5, 5.41) is 7.02. The van der Waals surface area contributed by atoms with E-state index in [4.69, 9.17) is 14.0 Å². The van der Waals surface area contributed by atoms with E-state index >= 15 is 0 Å². The molecule has 0 bridgehead atoms. The van der Waals surface area contributed by atoms with E-state index in [9.17, 15) is 4.39 Å². The molecule has 1 aromatic carbocycles. The third-order valence-electron chi connectivity index (χ3n) is 2.87. The van der Waals surface area contributed by atoms with Crippen molar-refractivity contribution in [3.05, 3.63) is 41.8 Å². The molecule has 2 heterocycles. The Morgan fingerprint density at radius 2 is 2.20 bits per heavy atom. The van der Waals surface area contributed by atoms with Gasteiger partial charge in [-0.2, -0.15) is 4.98 Å². The van der Waals surface area contributed by atoms with Crippen molar-refractivity contribution < 1.29 is 18.4 Å². The monoisotopic (exact) mass is 279 g/mol. The van der Waals surface area contributed by atoms with Crippen molar-refractivity contribution in [1.29, 1.82) is 0 Å². The van der Waals surface area contributed by atoms with Gasteiger partial charge in [0.05, 0.1) is 6.61 Å². The number of morpholine rings is 1. The van der Waals surface area contributed by atoms with E-state index in [1.807, 2.05) is 0 Å². The maximum Gasteiger partial charge on any atom is 0.257 e. The molecule has 1 aromatic heterocycles. The zero-order valence-corrected chi connectivity index (χ0v) is 10.7. The van der Waals surface area contributed by atoms with Gasteiger partial charge in [0.25, 0.3) is 5.89 Å². The first kappa shape index (κ1) is 13.0. The number of nitrogens with zero attached hydrogens (tertiary/aromatic N) is 2. The number of benzene rings is 1. The highest BCUT2D eigenvalue weighted by molar-refractivity contribution is 5.22. The van der Waals surface area contributed by atoms with Gasteiger partial charge in [-0.25, -0.2) is 4.39 Å². The van der Waals surface area contributed by atoms with Crippen LogP contribution < -0.4 is 10.1 Å². The van der Waals surface area contributed by atoms with Gasteiger partial charge in [0, 0.05) is 13.1 Å². The molecule has 106 valence electrons. The average molecular weight is 279 g/mol. The van der Waals surface area contributed by atoms with E-state index in [0.29, 0.717) is 30.6 Å². The Morgan fingerprint density at radius 3 is 2.95 bits per heavy atom. The molecule has 0 unspecified atom stereocenters. The van der Waals surface area contributed by atoms with Crippen LogP contribution in [0, 0.1) is 5.82 Å². The van der Waals surface area contributed by atoms with E-state index in [1.54, 1.807) is 12.1 Å². The number of ether oxygens (including phenoxy) is 2. The number of halogens is 1. The molecule has 1 aliphatic rings. The fourth-order valence-electron chi connectivity index (χ4n) is 1.86. The highest BCUT2D eigenvalue weighted by atomic mass is 19.1. The van der Waals surface area contributed by atoms with Crippen LogP contribution in [0.5, 0.6) is 5.75 Å². The minimum Gasteiger partial charge on any atom is -0.485 e. The molecule has 1 aliphatic heterocycles. The Morgan fingerprint density at radius 1 is 1.35 bits per heavy atom. The first-order valence-electron chi connectivity index (χ1n) is 6.34. The van der Waals surface area contributed by atoms with E-state index in [1.165, 1.54) is 12.1 Å². The summed E-state index contributed by atoms with van der Waals surface area (Å²) in [7, 11) is 0. The molecule has 6 nitrogen and oxygen atoms in total. The topological polar surface area (TPSA) is 69.4 Å². The van der Waals surface area contributed by atoms with Gasteiger partial charge in [-0.1, -0.05) is 5.16 Å². The van der Waals surface area contributed by atoms with Gasteiger partial charge in [0.1, 0.15) is 17.7 Å². The lowest BCUT2D eigenvalue weighted by Crippen LogP contribution is -2.33. The third kappa shape index (κ3) is 3.12. The zero-order valence-electron chi connectivity index (χ0n) is 10.7. The lowest BCUT2D eigenvalue weighted by Gasteiger charge is -2.19. The lowest BCUT2D eigenvalue weighted by molar-refractivity contribution is 0.00755. The number of hydrogen-bond donors (Lipinski definition) is 1. The van der Waals surface area contributed by atoms with Gasteiger partial charge in [-0.05, 0) is 24.3 Å². The summed E-state index contributed by atoms with van der Waals surface area (Å²) >= 11 is 0. The van der Waals surface area contributed by atoms with Crippen LogP contribution in [-0.2, 0) is 11.3 Å². The Kier molecular flexibility index (Phi) is 3.89. The molecular weight excluding hydrogens is 265 g/mol. The van der Waals surface area contributed by atoms with Crippen molar-refractivity contribution in [2.45, 2.75) is 12.7 Å². The van der Waals surface area contributed by atoms with Crippen molar-refractivity contribution in [2.75, 3.05) is 19.7 Å². The quantitative estimate of drug-likeness (QED) is 0.913. The normalized spacial score (nSPS) is 18.9. The summed E-state index contributed by atoms with van der Waals surface area (Å²) < 4.78 is 28.8. The summed E-state index contributed by atoms with van der Waals surface area (Å²) in [5.74, 6) is 1.11. The third-order valence-corrected chi connectivity index (χ3v) is 2.87. The van der Waals surface area contributed by atoms with Gasteiger partial charge < -0.3 is 19.3 Å². The van der Waals surface area contributed by atoms with E-state index < -0.39 is 0 Å². The zero-order chi connectivity index (χ0) is 13.8. The first-order valence-corrected chi connectivity index (χ1v) is 6.34. The molecule has 0 radical (unpaired) electrons. The van der Waals surface area contributed by atoms with Crippen molar-refractivity contribution in [3.8, 4) is 5.75 Å². The Labute approximate surface area is 114 Å². The summed E-state index contributed by atoms with van der Waals surface area (Å²) in [5.41, 5.74) is 0. The highest BCUT2D eigenvalue weighted by Gasteiger charge is 2.22. The number of nitrogens with one attached hydrogen (secondary N) is 1. The lowest BCUT2D eigenvalue weighted by atomic mass is 10.3. The van der Waals surface area contributed by atoms with Gasteiger partial charge in [0.2, 0.25) is 5.82 Å². The molecule has 2 aromatic rings. The van der Waals surface area contributed by atoms with Crippen molar-refractivity contribution >= 4 is 0 Å². The predicted molar refractivity (Wildman–Crippen MR) is 66.6 cm³/mol. The molecule has 1 atom stereocenters. The molecule has 3 rings (SSSR count). The maximum atomic E-state index is 12.7. The largest absolute Gasteiger partial charge is 0.485 e. The number of aromatic nitrogens is 2. The van der Waals surface area contributed by atoms with Crippen molar-refractivity contribution in [2.24, 2.45) is 0 Å². The van der Waals surface area contributed by atoms with Crippen LogP contribution in [0.25, 0.3) is 0 Å². The molecule has 0 aliphatic carbocycles. The fraction of sp³-hybridized carbons (Fsp3) is 0.385. The molecule has 0 saturated carbocycles. The van der Waals surface area contributed by atoms with E-state index in [2.05, 4.69) is 15.5 Å². The highest BCUT2D eigenvalue weighted by Crippen LogP contribution is 2.17. The standard InChI is InChI=1S/C13H14FN3O3/c14-9-1-3-10(4-2-9)19-8-12-16-13(20-17-12)11-7-15-5-6-18-11/h1-4,11,15H,5-8H2/t11-/m1/s1. The van der Waals surface area contributed by atoms with Gasteiger partial charge >= 0.3 is 0 Å². The average Bonchev–Trinajstić information content (AvgIpc) is 2.97. The minimum atomic E-state index is -0.304. The fourth-order valence-corrected chi connectivity index (χ4v) is 1.86. The van der Waals surface area contributed by atoms with Crippen LogP contribution in [0.4, 0.5) is 4.39 Å². The SMILES string of the molecule is Fc1ccc(OCc2noc([C@H]3CNCCO3)n2)cc1. The summed E-state index contributed by atoms with van der Waals surface area (Å²) in [4.78, 5) is 4.22. The van der Waals surface area contributed by atoms with Crippen LogP contribution in [0.2, 0.25) is 0 Å². The minimum absolute atomic E-state index is 0.162. The maximum absolute atomic E-state index is 12.7. The molecule has 0 spiro atoms. The molecule has 0 amide bonds. The Balaban J connectivity index is 1.58. The first-order chi connectivity index (χ1) is 9.81. The van der Waals surface area contributed by atoms with E-state index in [0.717, 1.165) is 6.54 Å². The van der Waals surface area contributed by atoms with Crippen LogP contribution in [0.3, 0.4) is 0 Å². The van der Waals surface area contributed by atoms with Gasteiger partial charge in [-0.15, -0.1) is 0 Å². The predicted octanol–water partition coefficient (Wildman–Crippen LogP) is 1.45. The second-order valence-corrected chi connectivity index (χ2v) is 4.35. The summed E-state index contributed by atoms with van der Waals surface area (Å²) in [6.07, 6.45) is -0.212. The molecule has 1 fully saturated rings. The van der Waals surface area contributed by atoms with Crippen LogP contribution in [0.15, 0.2) is 28.8 Å². The van der Waals surface area contributed by atoms with Crippen LogP contribution in [0.1, 0.15) is 17.8 Å². The summed E-state index contributed by atoms with van der Waals surface area (Å²) in [6, 6.07) is 5.76. The molecule has 20 heavy (non-hydrogen) atoms. The van der Waals surface area contributed by atoms with Gasteiger partial charge in [-0.3, -0.25) is 0 Å². The second-order valence-electron chi connectivity index (χ2n) is 4.35. The molecule has 1 N–H and O–H groups in total. The number of rotatable bonds is 4. The van der Waals surface area contributed by atoms with E-state index in [-0.39, 0.29) is 18.5 Å². The molecule has 1 saturated heterocycles. The second kappa shape index (κ2) is 5.98. The Bertz CT molecular complexity index is 552.